The van der Waals surface area contributed by atoms with Crippen molar-refractivity contribution in [3.8, 4) is 5.69 Å². The molecule has 3 aromatic rings. The van der Waals surface area contributed by atoms with Gasteiger partial charge in [0.1, 0.15) is 11.6 Å². The van der Waals surface area contributed by atoms with Gasteiger partial charge in [0.2, 0.25) is 5.91 Å². The molecule has 1 fully saturated rings. The van der Waals surface area contributed by atoms with Crippen LogP contribution in [0.25, 0.3) is 5.69 Å². The Morgan fingerprint density at radius 3 is 2.70 bits per heavy atom. The topological polar surface area (TPSA) is 94.1 Å². The molecule has 1 atom stereocenters. The van der Waals surface area contributed by atoms with Crippen LogP contribution in [0.2, 0.25) is 0 Å². The van der Waals surface area contributed by atoms with E-state index in [1.54, 1.807) is 17.3 Å². The van der Waals surface area contributed by atoms with Gasteiger partial charge in [-0.25, -0.2) is 9.07 Å². The highest BCUT2D eigenvalue weighted by atomic mass is 19.1. The van der Waals surface area contributed by atoms with Gasteiger partial charge in [0.15, 0.2) is 5.78 Å². The van der Waals surface area contributed by atoms with Crippen molar-refractivity contribution < 1.29 is 14.0 Å². The summed E-state index contributed by atoms with van der Waals surface area (Å²) in [6.45, 7) is 0.550. The maximum absolute atomic E-state index is 13.2. The average molecular weight is 407 g/mol. The van der Waals surface area contributed by atoms with Crippen molar-refractivity contribution in [2.24, 2.45) is 0 Å². The Morgan fingerprint density at radius 1 is 1.17 bits per heavy atom. The van der Waals surface area contributed by atoms with Crippen LogP contribution in [0.1, 0.15) is 35.2 Å². The fourth-order valence-electron chi connectivity index (χ4n) is 3.79. The van der Waals surface area contributed by atoms with E-state index in [0.29, 0.717) is 31.5 Å². The second kappa shape index (κ2) is 8.44. The number of pyridine rings is 1. The van der Waals surface area contributed by atoms with Crippen LogP contribution in [0.3, 0.4) is 0 Å². The van der Waals surface area contributed by atoms with Crippen LogP contribution in [0.4, 0.5) is 10.2 Å². The molecule has 7 nitrogen and oxygen atoms in total. The number of anilines is 1. The number of carbonyl (C=O) groups is 2. The van der Waals surface area contributed by atoms with Gasteiger partial charge in [-0.15, -0.1) is 0 Å². The number of benzene rings is 1. The zero-order valence-corrected chi connectivity index (χ0v) is 16.4. The Morgan fingerprint density at radius 2 is 1.97 bits per heavy atom. The first kappa shape index (κ1) is 19.8. The molecule has 3 heterocycles. The molecule has 0 aliphatic carbocycles. The van der Waals surface area contributed by atoms with Crippen molar-refractivity contribution >= 4 is 17.5 Å². The van der Waals surface area contributed by atoms with E-state index in [4.69, 9.17) is 5.73 Å². The number of hydrogen-bond donors (Lipinski definition) is 1. The second-order valence-corrected chi connectivity index (χ2v) is 7.30. The van der Waals surface area contributed by atoms with E-state index in [9.17, 15) is 14.0 Å². The van der Waals surface area contributed by atoms with E-state index in [0.717, 1.165) is 12.0 Å². The van der Waals surface area contributed by atoms with Crippen LogP contribution in [0.15, 0.2) is 55.0 Å². The minimum atomic E-state index is -0.542. The summed E-state index contributed by atoms with van der Waals surface area (Å²) in [5.74, 6) is -0.458. The number of nitrogen functional groups attached to an aromatic ring is 1. The first-order valence-electron chi connectivity index (χ1n) is 9.86. The summed E-state index contributed by atoms with van der Waals surface area (Å²) in [6, 6.07) is 8.91. The predicted octanol–water partition coefficient (Wildman–Crippen LogP) is 2.80. The zero-order valence-electron chi connectivity index (χ0n) is 16.4. The lowest BCUT2D eigenvalue weighted by molar-refractivity contribution is -0.131. The van der Waals surface area contributed by atoms with Crippen molar-refractivity contribution in [1.82, 2.24) is 19.7 Å². The monoisotopic (exact) mass is 407 g/mol. The maximum atomic E-state index is 13.2. The van der Waals surface area contributed by atoms with Crippen LogP contribution in [0, 0.1) is 5.82 Å². The van der Waals surface area contributed by atoms with Crippen molar-refractivity contribution in [1.29, 1.82) is 0 Å². The van der Waals surface area contributed by atoms with Gasteiger partial charge in [0.05, 0.1) is 23.5 Å². The third-order valence-electron chi connectivity index (χ3n) is 5.37. The Bertz CT molecular complexity index is 1050. The Balaban J connectivity index is 1.48. The number of rotatable bonds is 6. The standard InChI is InChI=1S/C22H22FN5O2/c23-16-6-8-17(9-7-16)28-22(24)18(14-26-28)21(30)19-4-2-12-27(19)20(29)10-5-15-3-1-11-25-13-15/h1,3,6-9,11,13-14,19H,2,4-5,10,12,24H2/t19-/m0/s1. The van der Waals surface area contributed by atoms with Crippen LogP contribution < -0.4 is 5.73 Å². The number of likely N-dealkylation sites (tertiary alicyclic amines) is 1. The molecule has 1 aliphatic heterocycles. The van der Waals surface area contributed by atoms with Gasteiger partial charge in [-0.3, -0.25) is 14.6 Å². The van der Waals surface area contributed by atoms with Crippen LogP contribution in [-0.4, -0.2) is 43.9 Å². The molecule has 0 spiro atoms. The van der Waals surface area contributed by atoms with Crippen molar-refractivity contribution in [2.45, 2.75) is 31.7 Å². The normalized spacial score (nSPS) is 16.0. The summed E-state index contributed by atoms with van der Waals surface area (Å²) in [7, 11) is 0. The van der Waals surface area contributed by atoms with E-state index in [-0.39, 0.29) is 28.9 Å². The number of nitrogens with zero attached hydrogens (tertiary/aromatic N) is 4. The molecule has 2 N–H and O–H groups in total. The highest BCUT2D eigenvalue weighted by molar-refractivity contribution is 6.05. The number of aromatic nitrogens is 3. The molecule has 1 amide bonds. The lowest BCUT2D eigenvalue weighted by Gasteiger charge is -2.23. The first-order valence-corrected chi connectivity index (χ1v) is 9.86. The molecular weight excluding hydrogens is 385 g/mol. The number of ketones is 1. The van der Waals surface area contributed by atoms with E-state index in [2.05, 4.69) is 10.1 Å². The van der Waals surface area contributed by atoms with Crippen LogP contribution in [-0.2, 0) is 11.2 Å². The number of carbonyl (C=O) groups excluding carboxylic acids is 2. The molecule has 8 heteroatoms. The molecule has 0 unspecified atom stereocenters. The smallest absolute Gasteiger partial charge is 0.223 e. The van der Waals surface area contributed by atoms with E-state index < -0.39 is 6.04 Å². The number of aryl methyl sites for hydroxylation is 1. The number of Topliss-reactive ketones (excluding diaryl/α,β-unsaturated/α-hetero) is 1. The molecule has 0 radical (unpaired) electrons. The van der Waals surface area contributed by atoms with Gasteiger partial charge in [0.25, 0.3) is 0 Å². The molecule has 1 aromatic carbocycles. The molecule has 1 saturated heterocycles. The molecule has 2 aromatic heterocycles. The highest BCUT2D eigenvalue weighted by Gasteiger charge is 2.35. The number of halogens is 1. The van der Waals surface area contributed by atoms with Crippen molar-refractivity contribution in [3.05, 3.63) is 71.9 Å². The second-order valence-electron chi connectivity index (χ2n) is 7.30. The summed E-state index contributed by atoms with van der Waals surface area (Å²) in [5.41, 5.74) is 7.99. The summed E-state index contributed by atoms with van der Waals surface area (Å²) in [6.07, 6.45) is 7.10. The van der Waals surface area contributed by atoms with Gasteiger partial charge >= 0.3 is 0 Å². The number of nitrogens with two attached hydrogens (primary N) is 1. The van der Waals surface area contributed by atoms with Gasteiger partial charge in [-0.1, -0.05) is 6.07 Å². The Kier molecular flexibility index (Phi) is 5.56. The lowest BCUT2D eigenvalue weighted by atomic mass is 10.0. The van der Waals surface area contributed by atoms with Gasteiger partial charge in [0, 0.05) is 25.4 Å². The predicted molar refractivity (Wildman–Crippen MR) is 110 cm³/mol. The van der Waals surface area contributed by atoms with E-state index in [1.165, 1.54) is 35.1 Å². The minimum absolute atomic E-state index is 0.0563. The summed E-state index contributed by atoms with van der Waals surface area (Å²) in [4.78, 5) is 31.6. The van der Waals surface area contributed by atoms with Crippen LogP contribution >= 0.6 is 0 Å². The van der Waals surface area contributed by atoms with E-state index in [1.807, 2.05) is 12.1 Å². The third-order valence-corrected chi connectivity index (χ3v) is 5.37. The minimum Gasteiger partial charge on any atom is -0.383 e. The molecule has 0 saturated carbocycles. The highest BCUT2D eigenvalue weighted by Crippen LogP contribution is 2.26. The van der Waals surface area contributed by atoms with Gasteiger partial charge < -0.3 is 10.6 Å². The molecule has 1 aliphatic rings. The lowest BCUT2D eigenvalue weighted by Crippen LogP contribution is -2.40. The van der Waals surface area contributed by atoms with Gasteiger partial charge in [-0.2, -0.15) is 5.10 Å². The maximum Gasteiger partial charge on any atom is 0.223 e. The van der Waals surface area contributed by atoms with E-state index >= 15 is 0 Å². The first-order chi connectivity index (χ1) is 14.5. The summed E-state index contributed by atoms with van der Waals surface area (Å²) in [5, 5.41) is 4.19. The van der Waals surface area contributed by atoms with Crippen molar-refractivity contribution in [2.75, 3.05) is 12.3 Å². The molecular formula is C22H22FN5O2. The zero-order chi connectivity index (χ0) is 21.1. The Labute approximate surface area is 173 Å². The Hall–Kier alpha value is -3.55. The van der Waals surface area contributed by atoms with Gasteiger partial charge in [-0.05, 0) is 55.2 Å². The quantitative estimate of drug-likeness (QED) is 0.634. The number of hydrogen-bond acceptors (Lipinski definition) is 5. The SMILES string of the molecule is Nc1c(C(=O)[C@@H]2CCCN2C(=O)CCc2cccnc2)cnn1-c1ccc(F)cc1. The third kappa shape index (κ3) is 3.94. The summed E-state index contributed by atoms with van der Waals surface area (Å²) >= 11 is 0. The largest absolute Gasteiger partial charge is 0.383 e. The van der Waals surface area contributed by atoms with Crippen LogP contribution in [0.5, 0.6) is 0 Å². The molecule has 154 valence electrons. The molecule has 0 bridgehead atoms. The molecule has 30 heavy (non-hydrogen) atoms. The average Bonchev–Trinajstić information content (AvgIpc) is 3.40. The fraction of sp³-hybridized carbons (Fsp3) is 0.273. The number of amides is 1. The summed E-state index contributed by atoms with van der Waals surface area (Å²) < 4.78 is 14.6. The fourth-order valence-corrected chi connectivity index (χ4v) is 3.79. The van der Waals surface area contributed by atoms with Crippen molar-refractivity contribution in [3.63, 3.8) is 0 Å². The molecule has 4 rings (SSSR count).